The number of anilines is 1. The van der Waals surface area contributed by atoms with Gasteiger partial charge in [-0.2, -0.15) is 13.2 Å². The second kappa shape index (κ2) is 9.65. The van der Waals surface area contributed by atoms with Gasteiger partial charge in [0, 0.05) is 19.3 Å². The van der Waals surface area contributed by atoms with Crippen molar-refractivity contribution in [2.24, 2.45) is 5.92 Å². The minimum Gasteiger partial charge on any atom is -0.455 e. The van der Waals surface area contributed by atoms with Gasteiger partial charge in [-0.15, -0.1) is 11.3 Å². The van der Waals surface area contributed by atoms with E-state index in [0.29, 0.717) is 36.5 Å². The molecule has 0 aliphatic carbocycles. The van der Waals surface area contributed by atoms with Crippen molar-refractivity contribution in [1.29, 1.82) is 0 Å². The van der Waals surface area contributed by atoms with Gasteiger partial charge >= 0.3 is 12.1 Å². The Hall–Kier alpha value is -2.66. The summed E-state index contributed by atoms with van der Waals surface area (Å²) < 4.78 is 42.9. The van der Waals surface area contributed by atoms with Crippen LogP contribution in [0.25, 0.3) is 0 Å². The first-order chi connectivity index (χ1) is 14.6. The van der Waals surface area contributed by atoms with Gasteiger partial charge in [0.05, 0.1) is 21.4 Å². The van der Waals surface area contributed by atoms with E-state index in [1.165, 1.54) is 11.3 Å². The highest BCUT2D eigenvalue weighted by Gasteiger charge is 2.32. The second-order valence-corrected chi connectivity index (χ2v) is 8.13. The number of likely N-dealkylation sites (tertiary alicyclic amines) is 1. The Labute approximate surface area is 184 Å². The number of hydrogen-bond donors (Lipinski definition) is 1. The predicted octanol–water partition coefficient (Wildman–Crippen LogP) is 3.85. The van der Waals surface area contributed by atoms with Gasteiger partial charge in [-0.25, -0.2) is 4.98 Å². The molecule has 0 aromatic carbocycles. The summed E-state index contributed by atoms with van der Waals surface area (Å²) in [4.78, 5) is 42.4. The van der Waals surface area contributed by atoms with Gasteiger partial charge in [-0.1, -0.05) is 17.7 Å². The Morgan fingerprint density at radius 1 is 1.35 bits per heavy atom. The number of ether oxygens (including phenoxy) is 1. The lowest BCUT2D eigenvalue weighted by molar-refractivity contribution is -0.152. The highest BCUT2D eigenvalue weighted by molar-refractivity contribution is 7.12. The number of piperidine rings is 1. The molecule has 1 saturated heterocycles. The molecule has 31 heavy (non-hydrogen) atoms. The minimum atomic E-state index is -4.62. The molecule has 2 aromatic heterocycles. The van der Waals surface area contributed by atoms with Gasteiger partial charge in [0.15, 0.2) is 12.4 Å². The lowest BCUT2D eigenvalue weighted by Gasteiger charge is -2.31. The molecule has 1 N–H and O–H groups in total. The van der Waals surface area contributed by atoms with Crippen LogP contribution < -0.4 is 5.32 Å². The van der Waals surface area contributed by atoms with Crippen LogP contribution in [0, 0.1) is 5.92 Å². The number of thiophene rings is 1. The number of halogens is 4. The van der Waals surface area contributed by atoms with Gasteiger partial charge in [0.2, 0.25) is 0 Å². The number of rotatable bonds is 5. The second-order valence-electron chi connectivity index (χ2n) is 6.78. The van der Waals surface area contributed by atoms with Crippen molar-refractivity contribution in [3.63, 3.8) is 0 Å². The molecule has 1 unspecified atom stereocenters. The van der Waals surface area contributed by atoms with E-state index >= 15 is 0 Å². The Kier molecular flexibility index (Phi) is 7.16. The van der Waals surface area contributed by atoms with Crippen LogP contribution in [-0.4, -0.2) is 47.4 Å². The normalized spacial score (nSPS) is 16.6. The first-order valence-electron chi connectivity index (χ1n) is 9.17. The Balaban J connectivity index is 1.51. The molecule has 0 radical (unpaired) electrons. The van der Waals surface area contributed by atoms with Crippen LogP contribution in [-0.2, 0) is 20.5 Å². The smallest absolute Gasteiger partial charge is 0.417 e. The van der Waals surface area contributed by atoms with Crippen molar-refractivity contribution in [3.8, 4) is 0 Å². The van der Waals surface area contributed by atoms with Crippen molar-refractivity contribution in [3.05, 3.63) is 45.2 Å². The Morgan fingerprint density at radius 3 is 2.77 bits per heavy atom. The zero-order valence-corrected chi connectivity index (χ0v) is 17.5. The number of pyridine rings is 1. The van der Waals surface area contributed by atoms with E-state index in [1.807, 2.05) is 0 Å². The SMILES string of the molecule is O=C(COC(=O)C1CCCN(C(=O)c2cccs2)C1)Nc1ncc(C(F)(F)F)cc1Cl. The summed E-state index contributed by atoms with van der Waals surface area (Å²) in [7, 11) is 0. The largest absolute Gasteiger partial charge is 0.455 e. The quantitative estimate of drug-likeness (QED) is 0.664. The maximum absolute atomic E-state index is 12.6. The van der Waals surface area contributed by atoms with Crippen molar-refractivity contribution in [2.75, 3.05) is 25.0 Å². The number of alkyl halides is 3. The molecule has 0 bridgehead atoms. The average molecular weight is 476 g/mol. The monoisotopic (exact) mass is 475 g/mol. The van der Waals surface area contributed by atoms with Gasteiger partial charge in [0.25, 0.3) is 11.8 Å². The van der Waals surface area contributed by atoms with Crippen LogP contribution in [0.3, 0.4) is 0 Å². The molecule has 1 atom stereocenters. The zero-order chi connectivity index (χ0) is 22.6. The van der Waals surface area contributed by atoms with E-state index in [1.54, 1.807) is 22.4 Å². The van der Waals surface area contributed by atoms with Crippen molar-refractivity contribution in [2.45, 2.75) is 19.0 Å². The molecule has 0 spiro atoms. The van der Waals surface area contributed by atoms with Crippen molar-refractivity contribution < 1.29 is 32.3 Å². The summed E-state index contributed by atoms with van der Waals surface area (Å²) in [5.41, 5.74) is -1.05. The fourth-order valence-corrected chi connectivity index (χ4v) is 3.92. The Bertz CT molecular complexity index is 969. The van der Waals surface area contributed by atoms with Gasteiger partial charge in [-0.05, 0) is 30.4 Å². The molecule has 1 aliphatic heterocycles. The van der Waals surface area contributed by atoms with Gasteiger partial charge < -0.3 is 15.0 Å². The standard InChI is InChI=1S/C19H17ClF3N3O4S/c20-13-7-12(19(21,22)23)8-24-16(13)25-15(27)10-30-18(29)11-3-1-5-26(9-11)17(28)14-4-2-6-31-14/h2,4,6-8,11H,1,3,5,9-10H2,(H,24,25,27). The number of nitrogens with zero attached hydrogens (tertiary/aromatic N) is 2. The molecular formula is C19H17ClF3N3O4S. The van der Waals surface area contributed by atoms with E-state index in [0.717, 1.165) is 0 Å². The van der Waals surface area contributed by atoms with Crippen LogP contribution in [0.1, 0.15) is 28.1 Å². The van der Waals surface area contributed by atoms with Crippen LogP contribution in [0.15, 0.2) is 29.8 Å². The van der Waals surface area contributed by atoms with Crippen LogP contribution in [0.4, 0.5) is 19.0 Å². The van der Waals surface area contributed by atoms with Gasteiger partial charge in [-0.3, -0.25) is 14.4 Å². The van der Waals surface area contributed by atoms with Crippen molar-refractivity contribution >= 4 is 46.5 Å². The fourth-order valence-electron chi connectivity index (χ4n) is 3.02. The number of carbonyl (C=O) groups excluding carboxylic acids is 3. The summed E-state index contributed by atoms with van der Waals surface area (Å²) >= 11 is 7.04. The van der Waals surface area contributed by atoms with Crippen LogP contribution in [0.2, 0.25) is 5.02 Å². The molecular weight excluding hydrogens is 459 g/mol. The summed E-state index contributed by atoms with van der Waals surface area (Å²) in [5.74, 6) is -2.44. The third-order valence-corrected chi connectivity index (χ3v) is 5.69. The maximum atomic E-state index is 12.6. The van der Waals surface area contributed by atoms with Crippen LogP contribution in [0.5, 0.6) is 0 Å². The third-order valence-electron chi connectivity index (χ3n) is 4.55. The van der Waals surface area contributed by atoms with Crippen LogP contribution >= 0.6 is 22.9 Å². The number of carbonyl (C=O) groups is 3. The molecule has 12 heteroatoms. The molecule has 3 rings (SSSR count). The molecule has 7 nitrogen and oxygen atoms in total. The molecule has 2 aromatic rings. The summed E-state index contributed by atoms with van der Waals surface area (Å²) in [6, 6.07) is 4.11. The molecule has 1 aliphatic rings. The fraction of sp³-hybridized carbons (Fsp3) is 0.368. The number of esters is 1. The number of nitrogens with one attached hydrogen (secondary N) is 1. The van der Waals surface area contributed by atoms with Crippen molar-refractivity contribution in [1.82, 2.24) is 9.88 Å². The highest BCUT2D eigenvalue weighted by atomic mass is 35.5. The minimum absolute atomic E-state index is 0.159. The summed E-state index contributed by atoms with van der Waals surface area (Å²) in [5, 5.41) is 3.60. The number of aromatic nitrogens is 1. The van der Waals surface area contributed by atoms with E-state index in [4.69, 9.17) is 16.3 Å². The molecule has 166 valence electrons. The lowest BCUT2D eigenvalue weighted by atomic mass is 9.98. The van der Waals surface area contributed by atoms with E-state index in [-0.39, 0.29) is 18.3 Å². The average Bonchev–Trinajstić information content (AvgIpc) is 3.27. The highest BCUT2D eigenvalue weighted by Crippen LogP contribution is 2.32. The summed E-state index contributed by atoms with van der Waals surface area (Å²) in [6.07, 6.45) is -2.95. The first kappa shape index (κ1) is 23.0. The lowest BCUT2D eigenvalue weighted by Crippen LogP contribution is -2.43. The molecule has 0 saturated carbocycles. The van der Waals surface area contributed by atoms with Gasteiger partial charge in [0.1, 0.15) is 0 Å². The Morgan fingerprint density at radius 2 is 2.13 bits per heavy atom. The van der Waals surface area contributed by atoms with E-state index in [2.05, 4.69) is 10.3 Å². The number of amides is 2. The zero-order valence-electron chi connectivity index (χ0n) is 15.9. The molecule has 2 amide bonds. The molecule has 1 fully saturated rings. The predicted molar refractivity (Wildman–Crippen MR) is 107 cm³/mol. The first-order valence-corrected chi connectivity index (χ1v) is 10.4. The topological polar surface area (TPSA) is 88.6 Å². The summed E-state index contributed by atoms with van der Waals surface area (Å²) in [6.45, 7) is 0.0514. The maximum Gasteiger partial charge on any atom is 0.417 e. The number of hydrogen-bond acceptors (Lipinski definition) is 6. The third kappa shape index (κ3) is 5.95. The van der Waals surface area contributed by atoms with E-state index in [9.17, 15) is 27.6 Å². The van der Waals surface area contributed by atoms with E-state index < -0.39 is 41.2 Å². The molecule has 3 heterocycles.